The van der Waals surface area contributed by atoms with Gasteiger partial charge in [-0.3, -0.25) is 9.59 Å². The lowest BCUT2D eigenvalue weighted by atomic mass is 9.89. The van der Waals surface area contributed by atoms with Gasteiger partial charge in [0.15, 0.2) is 0 Å². The smallest absolute Gasteiger partial charge is 0.140 e. The van der Waals surface area contributed by atoms with E-state index in [-0.39, 0.29) is 23.6 Å². The van der Waals surface area contributed by atoms with E-state index in [1.807, 2.05) is 20.8 Å². The first-order chi connectivity index (χ1) is 12.4. The maximum Gasteiger partial charge on any atom is 0.140 e. The number of rotatable bonds is 17. The highest BCUT2D eigenvalue weighted by Crippen LogP contribution is 2.16. The molecule has 0 aliphatic heterocycles. The van der Waals surface area contributed by atoms with Crippen molar-refractivity contribution >= 4 is 11.6 Å². The molecule has 0 saturated carbocycles. The zero-order chi connectivity index (χ0) is 19.7. The Balaban J connectivity index is 3.31. The summed E-state index contributed by atoms with van der Waals surface area (Å²) in [5, 5.41) is 0. The van der Waals surface area contributed by atoms with Crippen molar-refractivity contribution in [1.29, 1.82) is 0 Å². The second-order valence-corrected chi connectivity index (χ2v) is 6.91. The number of hydrogen-bond acceptors (Lipinski definition) is 6. The number of terminal acetylenes is 1. The Bertz CT molecular complexity index is 419. The van der Waals surface area contributed by atoms with Gasteiger partial charge in [0.25, 0.3) is 0 Å². The summed E-state index contributed by atoms with van der Waals surface area (Å²) in [5.74, 6) is 2.73. The highest BCUT2D eigenvalue weighted by atomic mass is 16.5. The maximum atomic E-state index is 11.7. The minimum atomic E-state index is -0.312. The molecule has 0 fully saturated rings. The SMILES string of the molecule is C#CCOCCOCCC(=O)CCCOCCOCCC(=O)C(C)(C)C. The molecule has 0 saturated heterocycles. The molecule has 6 heteroatoms. The van der Waals surface area contributed by atoms with Crippen LogP contribution in [0.5, 0.6) is 0 Å². The average molecular weight is 370 g/mol. The van der Waals surface area contributed by atoms with Crippen LogP contribution in [-0.4, -0.2) is 64.4 Å². The van der Waals surface area contributed by atoms with Crippen LogP contribution in [0.3, 0.4) is 0 Å². The molecule has 0 aliphatic carbocycles. The van der Waals surface area contributed by atoms with Crippen LogP contribution in [0.2, 0.25) is 0 Å². The van der Waals surface area contributed by atoms with Gasteiger partial charge in [0.2, 0.25) is 0 Å². The van der Waals surface area contributed by atoms with Gasteiger partial charge in [0.05, 0.1) is 39.6 Å². The Morgan fingerprint density at radius 2 is 1.31 bits per heavy atom. The standard InChI is InChI=1S/C20H34O6/c1-5-10-23-14-16-25-12-8-18(21)7-6-11-24-15-17-26-13-9-19(22)20(2,3)4/h1H,6-17H2,2-4H3. The van der Waals surface area contributed by atoms with Crippen LogP contribution < -0.4 is 0 Å². The monoisotopic (exact) mass is 370 g/mol. The zero-order valence-corrected chi connectivity index (χ0v) is 16.5. The van der Waals surface area contributed by atoms with Crippen molar-refractivity contribution in [1.82, 2.24) is 0 Å². The number of ether oxygens (including phenoxy) is 4. The molecule has 0 heterocycles. The topological polar surface area (TPSA) is 71.1 Å². The number of ketones is 2. The molecule has 0 aliphatic rings. The van der Waals surface area contributed by atoms with Crippen molar-refractivity contribution in [3.05, 3.63) is 0 Å². The van der Waals surface area contributed by atoms with E-state index in [1.54, 1.807) is 0 Å². The highest BCUT2D eigenvalue weighted by Gasteiger charge is 2.20. The first kappa shape index (κ1) is 24.7. The van der Waals surface area contributed by atoms with Gasteiger partial charge in [-0.1, -0.05) is 26.7 Å². The van der Waals surface area contributed by atoms with E-state index in [0.29, 0.717) is 71.9 Å². The maximum absolute atomic E-state index is 11.7. The van der Waals surface area contributed by atoms with E-state index in [2.05, 4.69) is 5.92 Å². The van der Waals surface area contributed by atoms with Crippen LogP contribution in [0, 0.1) is 17.8 Å². The third-order valence-electron chi connectivity index (χ3n) is 3.51. The lowest BCUT2D eigenvalue weighted by Gasteiger charge is -2.16. The molecule has 0 rings (SSSR count). The van der Waals surface area contributed by atoms with Crippen LogP contribution in [0.25, 0.3) is 0 Å². The van der Waals surface area contributed by atoms with E-state index in [0.717, 1.165) is 0 Å². The molecule has 0 radical (unpaired) electrons. The predicted octanol–water partition coefficient (Wildman–Crippen LogP) is 2.43. The van der Waals surface area contributed by atoms with Crippen molar-refractivity contribution < 1.29 is 28.5 Å². The van der Waals surface area contributed by atoms with Gasteiger partial charge in [-0.25, -0.2) is 0 Å². The second kappa shape index (κ2) is 16.0. The molecule has 0 unspecified atom stereocenters. The summed E-state index contributed by atoms with van der Waals surface area (Å²) >= 11 is 0. The Morgan fingerprint density at radius 3 is 1.88 bits per heavy atom. The molecule has 0 amide bonds. The van der Waals surface area contributed by atoms with Crippen molar-refractivity contribution in [2.24, 2.45) is 5.41 Å². The summed E-state index contributed by atoms with van der Waals surface area (Å²) < 4.78 is 21.1. The number of carbonyl (C=O) groups excluding carboxylic acids is 2. The van der Waals surface area contributed by atoms with Gasteiger partial charge in [-0.15, -0.1) is 6.42 Å². The van der Waals surface area contributed by atoms with E-state index in [4.69, 9.17) is 25.4 Å². The first-order valence-corrected chi connectivity index (χ1v) is 9.17. The van der Waals surface area contributed by atoms with Crippen LogP contribution >= 0.6 is 0 Å². The molecule has 0 aromatic heterocycles. The largest absolute Gasteiger partial charge is 0.379 e. The fourth-order valence-corrected chi connectivity index (χ4v) is 1.90. The van der Waals surface area contributed by atoms with Gasteiger partial charge < -0.3 is 18.9 Å². The van der Waals surface area contributed by atoms with Gasteiger partial charge in [-0.05, 0) is 6.42 Å². The highest BCUT2D eigenvalue weighted by molar-refractivity contribution is 5.83. The Kier molecular flexibility index (Phi) is 15.2. The van der Waals surface area contributed by atoms with E-state index in [1.165, 1.54) is 0 Å². The summed E-state index contributed by atoms with van der Waals surface area (Å²) in [5.41, 5.74) is -0.312. The molecule has 150 valence electrons. The normalized spacial score (nSPS) is 11.3. The minimum Gasteiger partial charge on any atom is -0.379 e. The average Bonchev–Trinajstić information content (AvgIpc) is 2.58. The predicted molar refractivity (Wildman–Crippen MR) is 100 cm³/mol. The molecule has 0 atom stereocenters. The summed E-state index contributed by atoms with van der Waals surface area (Å²) in [7, 11) is 0. The lowest BCUT2D eigenvalue weighted by Crippen LogP contribution is -2.21. The Morgan fingerprint density at radius 1 is 0.769 bits per heavy atom. The second-order valence-electron chi connectivity index (χ2n) is 6.91. The van der Waals surface area contributed by atoms with Crippen molar-refractivity contribution in [3.63, 3.8) is 0 Å². The van der Waals surface area contributed by atoms with Gasteiger partial charge >= 0.3 is 0 Å². The summed E-state index contributed by atoms with van der Waals surface area (Å²) in [6, 6.07) is 0. The fourth-order valence-electron chi connectivity index (χ4n) is 1.90. The zero-order valence-electron chi connectivity index (χ0n) is 16.5. The molecule has 0 N–H and O–H groups in total. The van der Waals surface area contributed by atoms with Crippen LogP contribution in [0.15, 0.2) is 0 Å². The van der Waals surface area contributed by atoms with Crippen LogP contribution in [-0.2, 0) is 28.5 Å². The Hall–Kier alpha value is -1.26. The Labute approximate surface area is 157 Å². The minimum absolute atomic E-state index is 0.162. The number of hydrogen-bond donors (Lipinski definition) is 0. The first-order valence-electron chi connectivity index (χ1n) is 9.17. The molecule has 0 aromatic rings. The van der Waals surface area contributed by atoms with Crippen LogP contribution in [0.1, 0.15) is 46.5 Å². The molecular weight excluding hydrogens is 336 g/mol. The molecule has 0 aromatic carbocycles. The third-order valence-corrected chi connectivity index (χ3v) is 3.51. The van der Waals surface area contributed by atoms with Crippen LogP contribution in [0.4, 0.5) is 0 Å². The molecule has 26 heavy (non-hydrogen) atoms. The van der Waals surface area contributed by atoms with Crippen molar-refractivity contribution in [2.75, 3.05) is 52.9 Å². The summed E-state index contributed by atoms with van der Waals surface area (Å²) in [4.78, 5) is 23.3. The van der Waals surface area contributed by atoms with Gasteiger partial charge in [0.1, 0.15) is 18.2 Å². The molecule has 6 nitrogen and oxygen atoms in total. The quantitative estimate of drug-likeness (QED) is 0.289. The molecule has 0 spiro atoms. The van der Waals surface area contributed by atoms with Gasteiger partial charge in [0, 0.05) is 31.3 Å². The van der Waals surface area contributed by atoms with E-state index in [9.17, 15) is 9.59 Å². The third kappa shape index (κ3) is 16.2. The molecule has 0 bridgehead atoms. The van der Waals surface area contributed by atoms with Gasteiger partial charge in [-0.2, -0.15) is 0 Å². The van der Waals surface area contributed by atoms with E-state index < -0.39 is 0 Å². The van der Waals surface area contributed by atoms with Crippen molar-refractivity contribution in [3.8, 4) is 12.3 Å². The summed E-state index contributed by atoms with van der Waals surface area (Å²) in [6.07, 6.45) is 7.04. The molecular formula is C20H34O6. The lowest BCUT2D eigenvalue weighted by molar-refractivity contribution is -0.127. The summed E-state index contributed by atoms with van der Waals surface area (Å²) in [6.45, 7) is 9.16. The fraction of sp³-hybridized carbons (Fsp3) is 0.800. The van der Waals surface area contributed by atoms with Crippen molar-refractivity contribution in [2.45, 2.75) is 46.5 Å². The van der Waals surface area contributed by atoms with E-state index >= 15 is 0 Å². The number of Topliss-reactive ketones (excluding diaryl/α,β-unsaturated/α-hetero) is 2. The number of carbonyl (C=O) groups is 2.